The summed E-state index contributed by atoms with van der Waals surface area (Å²) in [5.74, 6) is 1.52. The number of fused-ring (bicyclic) bond motifs is 1. The first-order chi connectivity index (χ1) is 9.13. The Morgan fingerprint density at radius 2 is 2.16 bits per heavy atom. The van der Waals surface area contributed by atoms with Crippen molar-refractivity contribution in [2.75, 3.05) is 13.1 Å². The van der Waals surface area contributed by atoms with Gasteiger partial charge in [-0.15, -0.1) is 0 Å². The molecule has 1 aliphatic heterocycles. The molecule has 1 aromatic carbocycles. The van der Waals surface area contributed by atoms with Crippen LogP contribution in [-0.4, -0.2) is 24.0 Å². The molecule has 0 radical (unpaired) electrons. The Labute approximate surface area is 128 Å². The van der Waals surface area contributed by atoms with Gasteiger partial charge in [-0.3, -0.25) is 4.90 Å². The van der Waals surface area contributed by atoms with E-state index in [2.05, 4.69) is 26.9 Å². The lowest BCUT2D eigenvalue weighted by molar-refractivity contribution is 0.259. The number of halogens is 2. The molecule has 0 amide bonds. The second-order valence-corrected chi connectivity index (χ2v) is 7.24. The van der Waals surface area contributed by atoms with E-state index in [-0.39, 0.29) is 0 Å². The van der Waals surface area contributed by atoms with E-state index in [1.807, 2.05) is 12.1 Å². The Morgan fingerprint density at radius 3 is 2.89 bits per heavy atom. The number of likely N-dealkylation sites (tertiary alicyclic amines) is 1. The molecule has 1 aromatic rings. The van der Waals surface area contributed by atoms with Crippen LogP contribution in [0.25, 0.3) is 0 Å². The molecule has 2 aliphatic rings. The topological polar surface area (TPSA) is 29.3 Å². The fourth-order valence-corrected chi connectivity index (χ4v) is 4.44. The molecule has 0 spiro atoms. The lowest BCUT2D eigenvalue weighted by atomic mass is 9.78. The summed E-state index contributed by atoms with van der Waals surface area (Å²) < 4.78 is 1.11. The molecule has 3 atom stereocenters. The first-order valence-corrected chi connectivity index (χ1v) is 8.22. The fraction of sp³-hybridized carbons (Fsp3) is 0.600. The van der Waals surface area contributed by atoms with Crippen molar-refractivity contribution in [3.05, 3.63) is 33.3 Å². The average molecular weight is 344 g/mol. The van der Waals surface area contributed by atoms with E-state index in [1.165, 1.54) is 31.4 Å². The Bertz CT molecular complexity index is 465. The molecule has 2 nitrogen and oxygen atoms in total. The molecule has 3 rings (SSSR count). The van der Waals surface area contributed by atoms with Gasteiger partial charge >= 0.3 is 0 Å². The van der Waals surface area contributed by atoms with E-state index in [9.17, 15) is 0 Å². The van der Waals surface area contributed by atoms with Gasteiger partial charge in [-0.05, 0) is 42.4 Å². The SMILES string of the molecule is NC1CCCC2CN(Cc3ccc(Cl)cc3Br)CC12. The van der Waals surface area contributed by atoms with Crippen molar-refractivity contribution < 1.29 is 0 Å². The van der Waals surface area contributed by atoms with Crippen LogP contribution >= 0.6 is 27.5 Å². The number of nitrogens with zero attached hydrogens (tertiary/aromatic N) is 1. The second kappa shape index (κ2) is 5.72. The molecular formula is C15H20BrClN2. The number of rotatable bonds is 2. The first kappa shape index (κ1) is 13.9. The monoisotopic (exact) mass is 342 g/mol. The highest BCUT2D eigenvalue weighted by atomic mass is 79.9. The maximum absolute atomic E-state index is 6.27. The van der Waals surface area contributed by atoms with Gasteiger partial charge in [0.15, 0.2) is 0 Å². The molecule has 1 saturated carbocycles. The van der Waals surface area contributed by atoms with Crippen molar-refractivity contribution >= 4 is 27.5 Å². The van der Waals surface area contributed by atoms with Gasteiger partial charge in [0.1, 0.15) is 0 Å². The molecule has 0 aromatic heterocycles. The molecule has 0 bridgehead atoms. The van der Waals surface area contributed by atoms with Gasteiger partial charge in [-0.25, -0.2) is 0 Å². The lowest BCUT2D eigenvalue weighted by Gasteiger charge is -2.29. The molecule has 1 heterocycles. The van der Waals surface area contributed by atoms with Gasteiger partial charge in [0.05, 0.1) is 0 Å². The number of hydrogen-bond acceptors (Lipinski definition) is 2. The predicted molar refractivity (Wildman–Crippen MR) is 83.2 cm³/mol. The minimum Gasteiger partial charge on any atom is -0.327 e. The van der Waals surface area contributed by atoms with Crippen molar-refractivity contribution in [2.24, 2.45) is 17.6 Å². The number of benzene rings is 1. The third kappa shape index (κ3) is 2.99. The van der Waals surface area contributed by atoms with Crippen molar-refractivity contribution in [2.45, 2.75) is 31.8 Å². The standard InChI is InChI=1S/C15H20BrClN2/c16-14-6-12(17)5-4-11(14)8-19-7-10-2-1-3-15(18)13(10)9-19/h4-6,10,13,15H,1-3,7-9,18H2. The Kier molecular flexibility index (Phi) is 4.18. The predicted octanol–water partition coefficient (Wildman–Crippen LogP) is 3.66. The fourth-order valence-electron chi connectivity index (χ4n) is 3.63. The van der Waals surface area contributed by atoms with E-state index in [4.69, 9.17) is 17.3 Å². The van der Waals surface area contributed by atoms with Gasteiger partial charge in [0.2, 0.25) is 0 Å². The van der Waals surface area contributed by atoms with Crippen LogP contribution in [0.5, 0.6) is 0 Å². The Morgan fingerprint density at radius 1 is 1.32 bits per heavy atom. The van der Waals surface area contributed by atoms with Crippen molar-refractivity contribution in [3.8, 4) is 0 Å². The molecule has 2 N–H and O–H groups in total. The number of nitrogens with two attached hydrogens (primary N) is 1. The molecule has 3 unspecified atom stereocenters. The minimum atomic E-state index is 0.414. The van der Waals surface area contributed by atoms with E-state index in [1.54, 1.807) is 0 Å². The zero-order valence-corrected chi connectivity index (χ0v) is 13.3. The van der Waals surface area contributed by atoms with E-state index in [0.29, 0.717) is 12.0 Å². The molecule has 2 fully saturated rings. The highest BCUT2D eigenvalue weighted by molar-refractivity contribution is 9.10. The van der Waals surface area contributed by atoms with E-state index < -0.39 is 0 Å². The highest BCUT2D eigenvalue weighted by Crippen LogP contribution is 2.36. The van der Waals surface area contributed by atoms with Gasteiger partial charge in [0, 0.05) is 35.2 Å². The quantitative estimate of drug-likeness (QED) is 0.888. The number of hydrogen-bond donors (Lipinski definition) is 1. The maximum Gasteiger partial charge on any atom is 0.0417 e. The van der Waals surface area contributed by atoms with Crippen molar-refractivity contribution in [1.82, 2.24) is 4.90 Å². The Hall–Kier alpha value is -0.0900. The maximum atomic E-state index is 6.27. The minimum absolute atomic E-state index is 0.414. The summed E-state index contributed by atoms with van der Waals surface area (Å²) in [6.45, 7) is 3.35. The van der Waals surface area contributed by atoms with Gasteiger partial charge in [-0.2, -0.15) is 0 Å². The van der Waals surface area contributed by atoms with Crippen LogP contribution in [-0.2, 0) is 6.54 Å². The average Bonchev–Trinajstić information content (AvgIpc) is 2.77. The van der Waals surface area contributed by atoms with E-state index in [0.717, 1.165) is 28.5 Å². The summed E-state index contributed by atoms with van der Waals surface area (Å²) in [6, 6.07) is 6.48. The summed E-state index contributed by atoms with van der Waals surface area (Å²) in [5, 5.41) is 0.785. The summed E-state index contributed by atoms with van der Waals surface area (Å²) in [5.41, 5.74) is 7.59. The first-order valence-electron chi connectivity index (χ1n) is 7.05. The lowest BCUT2D eigenvalue weighted by Crippen LogP contribution is -2.38. The summed E-state index contributed by atoms with van der Waals surface area (Å²) in [4.78, 5) is 2.55. The van der Waals surface area contributed by atoms with Crippen LogP contribution in [0.2, 0.25) is 5.02 Å². The smallest absolute Gasteiger partial charge is 0.0417 e. The molecular weight excluding hydrogens is 324 g/mol. The zero-order valence-electron chi connectivity index (χ0n) is 11.0. The van der Waals surface area contributed by atoms with Crippen molar-refractivity contribution in [1.29, 1.82) is 0 Å². The van der Waals surface area contributed by atoms with Crippen LogP contribution in [0.4, 0.5) is 0 Å². The normalized spacial score (nSPS) is 31.4. The Balaban J connectivity index is 1.68. The molecule has 1 saturated heterocycles. The van der Waals surface area contributed by atoms with Crippen LogP contribution in [0.1, 0.15) is 24.8 Å². The van der Waals surface area contributed by atoms with Gasteiger partial charge in [0.25, 0.3) is 0 Å². The molecule has 19 heavy (non-hydrogen) atoms. The molecule has 4 heteroatoms. The summed E-state index contributed by atoms with van der Waals surface area (Å²) in [6.07, 6.45) is 3.87. The third-order valence-corrected chi connectivity index (χ3v) is 5.61. The highest BCUT2D eigenvalue weighted by Gasteiger charge is 2.38. The van der Waals surface area contributed by atoms with Crippen LogP contribution in [0, 0.1) is 11.8 Å². The van der Waals surface area contributed by atoms with E-state index >= 15 is 0 Å². The van der Waals surface area contributed by atoms with Gasteiger partial charge < -0.3 is 5.73 Å². The summed E-state index contributed by atoms with van der Waals surface area (Å²) >= 11 is 9.60. The second-order valence-electron chi connectivity index (χ2n) is 5.95. The summed E-state index contributed by atoms with van der Waals surface area (Å²) in [7, 11) is 0. The van der Waals surface area contributed by atoms with Crippen LogP contribution in [0.15, 0.2) is 22.7 Å². The zero-order chi connectivity index (χ0) is 13.4. The van der Waals surface area contributed by atoms with Gasteiger partial charge in [-0.1, -0.05) is 40.0 Å². The van der Waals surface area contributed by atoms with Crippen LogP contribution < -0.4 is 5.73 Å². The van der Waals surface area contributed by atoms with Crippen LogP contribution in [0.3, 0.4) is 0 Å². The largest absolute Gasteiger partial charge is 0.327 e. The third-order valence-electron chi connectivity index (χ3n) is 4.64. The molecule has 104 valence electrons. The molecule has 1 aliphatic carbocycles. The van der Waals surface area contributed by atoms with Crippen molar-refractivity contribution in [3.63, 3.8) is 0 Å².